The van der Waals surface area contributed by atoms with Crippen LogP contribution in [0, 0.1) is 12.3 Å². The number of hydrogen-bond acceptors (Lipinski definition) is 5. The van der Waals surface area contributed by atoms with E-state index in [-0.39, 0.29) is 17.4 Å². The van der Waals surface area contributed by atoms with E-state index in [0.717, 1.165) is 24.8 Å². The lowest BCUT2D eigenvalue weighted by molar-refractivity contribution is -0.140. The number of rotatable bonds is 1. The van der Waals surface area contributed by atoms with Crippen molar-refractivity contribution in [2.75, 3.05) is 33.4 Å². The molecule has 7 nitrogen and oxygen atoms in total. The number of fused-ring (bicyclic) bond motifs is 1. The van der Waals surface area contributed by atoms with Crippen LogP contribution in [0.3, 0.4) is 0 Å². The van der Waals surface area contributed by atoms with E-state index in [2.05, 4.69) is 19.7 Å². The maximum Gasteiger partial charge on any atom is 0.241 e. The summed E-state index contributed by atoms with van der Waals surface area (Å²) in [6, 6.07) is -0.132. The van der Waals surface area contributed by atoms with Gasteiger partial charge < -0.3 is 14.2 Å². The molecule has 1 amide bonds. The zero-order valence-electron chi connectivity index (χ0n) is 14.0. The first-order valence-electron chi connectivity index (χ1n) is 8.53. The summed E-state index contributed by atoms with van der Waals surface area (Å²) in [6.07, 6.45) is 3.63. The number of amides is 1. The number of carbonyl (C=O) groups is 1. The minimum Gasteiger partial charge on any atom is -0.379 e. The van der Waals surface area contributed by atoms with Crippen molar-refractivity contribution in [2.24, 2.45) is 5.41 Å². The molecule has 1 atom stereocenters. The largest absolute Gasteiger partial charge is 0.379 e. The van der Waals surface area contributed by atoms with Gasteiger partial charge in [-0.25, -0.2) is 0 Å². The summed E-state index contributed by atoms with van der Waals surface area (Å²) in [4.78, 5) is 17.3. The molecular weight excluding hydrogens is 294 g/mol. The summed E-state index contributed by atoms with van der Waals surface area (Å²) in [6.45, 7) is 6.29. The zero-order valence-corrected chi connectivity index (χ0v) is 14.0. The van der Waals surface area contributed by atoms with Gasteiger partial charge >= 0.3 is 0 Å². The molecule has 23 heavy (non-hydrogen) atoms. The van der Waals surface area contributed by atoms with Crippen LogP contribution in [0.1, 0.15) is 30.9 Å². The predicted molar refractivity (Wildman–Crippen MR) is 83.7 cm³/mol. The Bertz CT molecular complexity index is 610. The maximum atomic E-state index is 13.2. The normalized spacial score (nSPS) is 27.4. The average molecular weight is 319 g/mol. The highest BCUT2D eigenvalue weighted by atomic mass is 16.5. The molecule has 0 bridgehead atoms. The van der Waals surface area contributed by atoms with Crippen molar-refractivity contribution in [3.8, 4) is 0 Å². The number of ether oxygens (including phenoxy) is 1. The fraction of sp³-hybridized carbons (Fsp3) is 0.812. The number of likely N-dealkylation sites (N-methyl/N-ethyl adjacent to an activating group) is 1. The van der Waals surface area contributed by atoms with E-state index in [1.165, 1.54) is 19.3 Å². The molecule has 2 aliphatic heterocycles. The summed E-state index contributed by atoms with van der Waals surface area (Å²) >= 11 is 0. The Morgan fingerprint density at radius 3 is 2.91 bits per heavy atom. The summed E-state index contributed by atoms with van der Waals surface area (Å²) in [5.41, 5.74) is 0.219. The lowest BCUT2D eigenvalue weighted by atomic mass is 9.69. The lowest BCUT2D eigenvalue weighted by Gasteiger charge is -2.44. The Morgan fingerprint density at radius 2 is 2.17 bits per heavy atom. The Morgan fingerprint density at radius 1 is 1.35 bits per heavy atom. The van der Waals surface area contributed by atoms with Crippen molar-refractivity contribution in [1.29, 1.82) is 0 Å². The Labute approximate surface area is 136 Å². The van der Waals surface area contributed by atoms with Gasteiger partial charge in [-0.3, -0.25) is 9.69 Å². The second-order valence-corrected chi connectivity index (χ2v) is 7.37. The number of hydrogen-bond donors (Lipinski definition) is 0. The lowest BCUT2D eigenvalue weighted by Crippen LogP contribution is -2.54. The van der Waals surface area contributed by atoms with Crippen LogP contribution in [-0.2, 0) is 22.6 Å². The third kappa shape index (κ3) is 2.55. The number of aromatic nitrogens is 3. The minimum atomic E-state index is -0.132. The molecule has 1 saturated carbocycles. The van der Waals surface area contributed by atoms with E-state index in [9.17, 15) is 4.79 Å². The van der Waals surface area contributed by atoms with Gasteiger partial charge in [0.05, 0.1) is 26.3 Å². The van der Waals surface area contributed by atoms with Crippen LogP contribution in [0.2, 0.25) is 0 Å². The topological polar surface area (TPSA) is 63.5 Å². The first-order chi connectivity index (χ1) is 11.1. The molecule has 7 heteroatoms. The third-order valence-corrected chi connectivity index (χ3v) is 5.74. The van der Waals surface area contributed by atoms with E-state index in [4.69, 9.17) is 4.74 Å². The first kappa shape index (κ1) is 15.1. The molecule has 1 spiro atoms. The van der Waals surface area contributed by atoms with Gasteiger partial charge in [-0.1, -0.05) is 6.42 Å². The predicted octanol–water partition coefficient (Wildman–Crippen LogP) is 0.430. The fourth-order valence-corrected chi connectivity index (χ4v) is 4.06. The standard InChI is InChI=1S/C16H25N5O2/c1-12-17-18-14-9-19(2)13(8-21(12)14)15(22)20-6-7-23-11-16(10-20)4-3-5-16/h13H,3-11H2,1-2H3. The van der Waals surface area contributed by atoms with Gasteiger partial charge in [0.15, 0.2) is 0 Å². The molecule has 1 saturated heterocycles. The second-order valence-electron chi connectivity index (χ2n) is 7.37. The van der Waals surface area contributed by atoms with Crippen molar-refractivity contribution in [2.45, 2.75) is 45.3 Å². The highest BCUT2D eigenvalue weighted by Crippen LogP contribution is 2.42. The van der Waals surface area contributed by atoms with Crippen LogP contribution >= 0.6 is 0 Å². The SMILES string of the molecule is Cc1nnc2n1CC(C(=O)N1CCOCC3(CCC3)C1)N(C)C2. The van der Waals surface area contributed by atoms with Gasteiger partial charge in [-0.05, 0) is 26.8 Å². The summed E-state index contributed by atoms with van der Waals surface area (Å²) < 4.78 is 7.86. The van der Waals surface area contributed by atoms with Gasteiger partial charge in [-0.15, -0.1) is 10.2 Å². The molecule has 0 radical (unpaired) electrons. The highest BCUT2D eigenvalue weighted by Gasteiger charge is 2.43. The van der Waals surface area contributed by atoms with Crippen LogP contribution in [0.5, 0.6) is 0 Å². The van der Waals surface area contributed by atoms with Crippen molar-refractivity contribution in [3.05, 3.63) is 11.6 Å². The van der Waals surface area contributed by atoms with Gasteiger partial charge in [0.1, 0.15) is 17.7 Å². The molecule has 3 heterocycles. The van der Waals surface area contributed by atoms with Crippen LogP contribution < -0.4 is 0 Å². The highest BCUT2D eigenvalue weighted by molar-refractivity contribution is 5.82. The maximum absolute atomic E-state index is 13.2. The van der Waals surface area contributed by atoms with Gasteiger partial charge in [0.2, 0.25) is 5.91 Å². The molecule has 1 aromatic rings. The first-order valence-corrected chi connectivity index (χ1v) is 8.53. The Hall–Kier alpha value is -1.47. The molecule has 126 valence electrons. The van der Waals surface area contributed by atoms with E-state index in [1.54, 1.807) is 0 Å². The van der Waals surface area contributed by atoms with Crippen molar-refractivity contribution in [3.63, 3.8) is 0 Å². The van der Waals surface area contributed by atoms with Crippen molar-refractivity contribution >= 4 is 5.91 Å². The summed E-state index contributed by atoms with van der Waals surface area (Å²) in [5.74, 6) is 2.06. The summed E-state index contributed by atoms with van der Waals surface area (Å²) in [5, 5.41) is 8.34. The third-order valence-electron chi connectivity index (χ3n) is 5.74. The molecule has 3 aliphatic rings. The van der Waals surface area contributed by atoms with Crippen LogP contribution in [0.25, 0.3) is 0 Å². The van der Waals surface area contributed by atoms with Gasteiger partial charge in [0.25, 0.3) is 0 Å². The Balaban J connectivity index is 1.52. The van der Waals surface area contributed by atoms with E-state index in [1.807, 2.05) is 18.9 Å². The number of carbonyl (C=O) groups excluding carboxylic acids is 1. The number of aryl methyl sites for hydroxylation is 1. The molecular formula is C16H25N5O2. The minimum absolute atomic E-state index is 0.132. The van der Waals surface area contributed by atoms with Gasteiger partial charge in [0, 0.05) is 18.5 Å². The summed E-state index contributed by atoms with van der Waals surface area (Å²) in [7, 11) is 2.00. The zero-order chi connectivity index (χ0) is 16.0. The van der Waals surface area contributed by atoms with Crippen LogP contribution in [0.4, 0.5) is 0 Å². The molecule has 0 N–H and O–H groups in total. The molecule has 1 aliphatic carbocycles. The molecule has 4 rings (SSSR count). The molecule has 2 fully saturated rings. The van der Waals surface area contributed by atoms with Crippen molar-refractivity contribution < 1.29 is 9.53 Å². The van der Waals surface area contributed by atoms with Gasteiger partial charge in [-0.2, -0.15) is 0 Å². The Kier molecular flexibility index (Phi) is 3.65. The van der Waals surface area contributed by atoms with Crippen LogP contribution in [-0.4, -0.2) is 69.9 Å². The molecule has 1 aromatic heterocycles. The molecule has 0 aromatic carbocycles. The van der Waals surface area contributed by atoms with E-state index in [0.29, 0.717) is 26.2 Å². The monoisotopic (exact) mass is 319 g/mol. The molecule has 1 unspecified atom stereocenters. The smallest absolute Gasteiger partial charge is 0.241 e. The fourth-order valence-electron chi connectivity index (χ4n) is 4.06. The second kappa shape index (κ2) is 5.56. The van der Waals surface area contributed by atoms with Crippen molar-refractivity contribution in [1.82, 2.24) is 24.6 Å². The van der Waals surface area contributed by atoms with Crippen LogP contribution in [0.15, 0.2) is 0 Å². The number of nitrogens with zero attached hydrogens (tertiary/aromatic N) is 5. The van der Waals surface area contributed by atoms with E-state index >= 15 is 0 Å². The van der Waals surface area contributed by atoms with E-state index < -0.39 is 0 Å². The quantitative estimate of drug-likeness (QED) is 0.751. The average Bonchev–Trinajstić information content (AvgIpc) is 2.74.